The number of hydrogen-bond acceptors (Lipinski definition) is 4. The van der Waals surface area contributed by atoms with Gasteiger partial charge in [0.1, 0.15) is 0 Å². The van der Waals surface area contributed by atoms with E-state index in [1.54, 1.807) is 0 Å². The van der Waals surface area contributed by atoms with Crippen molar-refractivity contribution in [1.29, 1.82) is 0 Å². The highest BCUT2D eigenvalue weighted by Crippen LogP contribution is 2.41. The van der Waals surface area contributed by atoms with E-state index in [9.17, 15) is 4.79 Å². The van der Waals surface area contributed by atoms with Gasteiger partial charge in [0.15, 0.2) is 5.82 Å². The van der Waals surface area contributed by atoms with Crippen LogP contribution in [0.25, 0.3) is 0 Å². The summed E-state index contributed by atoms with van der Waals surface area (Å²) in [7, 11) is 0. The van der Waals surface area contributed by atoms with Crippen molar-refractivity contribution >= 4 is 5.91 Å². The van der Waals surface area contributed by atoms with E-state index in [2.05, 4.69) is 22.3 Å². The number of aromatic nitrogens is 2. The number of carbonyl (C=O) groups excluding carboxylic acids is 1. The van der Waals surface area contributed by atoms with Crippen LogP contribution in [0.4, 0.5) is 0 Å². The molecule has 2 atom stereocenters. The fourth-order valence-corrected chi connectivity index (χ4v) is 3.21. The maximum Gasteiger partial charge on any atom is 0.225 e. The topological polar surface area (TPSA) is 59.2 Å². The van der Waals surface area contributed by atoms with Gasteiger partial charge in [-0.1, -0.05) is 35.5 Å². The van der Waals surface area contributed by atoms with E-state index in [0.717, 1.165) is 19.4 Å². The fraction of sp³-hybridized carbons (Fsp3) is 0.438. The van der Waals surface area contributed by atoms with Gasteiger partial charge in [-0.15, -0.1) is 0 Å². The molecule has 0 bridgehead atoms. The molecule has 2 aliphatic rings. The smallest absolute Gasteiger partial charge is 0.225 e. The number of nitrogens with zero attached hydrogens (tertiary/aromatic N) is 3. The van der Waals surface area contributed by atoms with Crippen LogP contribution in [0.2, 0.25) is 0 Å². The van der Waals surface area contributed by atoms with Gasteiger partial charge in [-0.05, 0) is 18.4 Å². The normalized spacial score (nSPS) is 25.2. The first-order chi connectivity index (χ1) is 10.3. The number of rotatable bonds is 3. The Morgan fingerprint density at radius 1 is 1.14 bits per heavy atom. The zero-order valence-corrected chi connectivity index (χ0v) is 11.7. The van der Waals surface area contributed by atoms with Crippen LogP contribution in [0.15, 0.2) is 41.2 Å². The Hall–Kier alpha value is -2.17. The summed E-state index contributed by atoms with van der Waals surface area (Å²) in [5.41, 5.74) is 1.23. The van der Waals surface area contributed by atoms with Gasteiger partial charge in [0.25, 0.3) is 0 Å². The van der Waals surface area contributed by atoms with E-state index in [-0.39, 0.29) is 17.8 Å². The van der Waals surface area contributed by atoms with Crippen LogP contribution in [-0.4, -0.2) is 34.0 Å². The lowest BCUT2D eigenvalue weighted by molar-refractivity contribution is -0.131. The zero-order valence-electron chi connectivity index (χ0n) is 11.7. The van der Waals surface area contributed by atoms with Crippen LogP contribution >= 0.6 is 0 Å². The molecule has 1 amide bonds. The Bertz CT molecular complexity index is 622. The summed E-state index contributed by atoms with van der Waals surface area (Å²) < 4.78 is 4.90. The molecule has 1 aliphatic heterocycles. The van der Waals surface area contributed by atoms with Gasteiger partial charge in [-0.3, -0.25) is 4.79 Å². The molecular formula is C16H17N3O2. The number of likely N-dealkylation sites (tertiary alicyclic amines) is 1. The van der Waals surface area contributed by atoms with Crippen molar-refractivity contribution in [1.82, 2.24) is 15.0 Å². The average molecular weight is 283 g/mol. The van der Waals surface area contributed by atoms with E-state index in [1.165, 1.54) is 12.0 Å². The van der Waals surface area contributed by atoms with E-state index in [4.69, 9.17) is 4.52 Å². The predicted octanol–water partition coefficient (Wildman–Crippen LogP) is 2.19. The van der Waals surface area contributed by atoms with Gasteiger partial charge in [0.05, 0.1) is 0 Å². The largest absolute Gasteiger partial charge is 0.343 e. The zero-order chi connectivity index (χ0) is 14.2. The second kappa shape index (κ2) is 4.98. The first-order valence-corrected chi connectivity index (χ1v) is 7.43. The molecule has 1 saturated heterocycles. The third kappa shape index (κ3) is 2.33. The maximum atomic E-state index is 12.4. The highest BCUT2D eigenvalue weighted by molar-refractivity contribution is 5.81. The maximum absolute atomic E-state index is 12.4. The molecule has 1 aliphatic carbocycles. The summed E-state index contributed by atoms with van der Waals surface area (Å²) >= 11 is 0. The minimum atomic E-state index is 0.119. The second-order valence-corrected chi connectivity index (χ2v) is 5.93. The molecule has 5 heteroatoms. The van der Waals surface area contributed by atoms with Crippen molar-refractivity contribution in [3.8, 4) is 0 Å². The summed E-state index contributed by atoms with van der Waals surface area (Å²) in [5, 5.41) is 4.00. The van der Waals surface area contributed by atoms with Crippen LogP contribution < -0.4 is 0 Å². The quantitative estimate of drug-likeness (QED) is 0.866. The monoisotopic (exact) mass is 283 g/mol. The van der Waals surface area contributed by atoms with Crippen molar-refractivity contribution in [2.75, 3.05) is 13.1 Å². The second-order valence-electron chi connectivity index (χ2n) is 5.93. The Labute approximate surface area is 123 Å². The van der Waals surface area contributed by atoms with E-state index in [1.807, 2.05) is 23.1 Å². The molecule has 0 unspecified atom stereocenters. The minimum Gasteiger partial charge on any atom is -0.343 e. The Morgan fingerprint density at radius 3 is 2.57 bits per heavy atom. The molecule has 1 aromatic carbocycles. The molecule has 0 spiro atoms. The number of hydrogen-bond donors (Lipinski definition) is 0. The molecule has 4 rings (SSSR count). The van der Waals surface area contributed by atoms with E-state index >= 15 is 0 Å². The lowest BCUT2D eigenvalue weighted by Gasteiger charge is -2.16. The molecule has 21 heavy (non-hydrogen) atoms. The van der Waals surface area contributed by atoms with Crippen LogP contribution in [0.5, 0.6) is 0 Å². The average Bonchev–Trinajstić information content (AvgIpc) is 3.06. The third-order valence-corrected chi connectivity index (χ3v) is 4.50. The molecule has 1 saturated carbocycles. The van der Waals surface area contributed by atoms with Crippen LogP contribution in [0.3, 0.4) is 0 Å². The van der Waals surface area contributed by atoms with Gasteiger partial charge < -0.3 is 9.42 Å². The van der Waals surface area contributed by atoms with Crippen molar-refractivity contribution in [2.45, 2.75) is 24.7 Å². The number of benzene rings is 1. The molecule has 0 N–H and O–H groups in total. The van der Waals surface area contributed by atoms with Gasteiger partial charge >= 0.3 is 0 Å². The summed E-state index contributed by atoms with van der Waals surface area (Å²) in [6, 6.07) is 10.3. The van der Waals surface area contributed by atoms with Gasteiger partial charge in [0.2, 0.25) is 12.3 Å². The fourth-order valence-electron chi connectivity index (χ4n) is 3.21. The molecule has 2 aromatic rings. The summed E-state index contributed by atoms with van der Waals surface area (Å²) in [4.78, 5) is 18.6. The van der Waals surface area contributed by atoms with Crippen molar-refractivity contribution < 1.29 is 9.32 Å². The highest BCUT2D eigenvalue weighted by atomic mass is 16.5. The SMILES string of the molecule is O=C(C1CC1)N1C[C@@H](c2ccccc2)[C@H](c2ncon2)C1. The Morgan fingerprint density at radius 2 is 1.90 bits per heavy atom. The first kappa shape index (κ1) is 12.6. The minimum absolute atomic E-state index is 0.119. The highest BCUT2D eigenvalue weighted by Gasteiger charge is 2.43. The standard InChI is InChI=1S/C16H17N3O2/c20-16(12-6-7-12)19-8-13(11-4-2-1-3-5-11)14(9-19)15-17-10-21-18-15/h1-5,10,12-14H,6-9H2/t13-,14+/m0/s1. The Kier molecular flexibility index (Phi) is 2.98. The third-order valence-electron chi connectivity index (χ3n) is 4.50. The predicted molar refractivity (Wildman–Crippen MR) is 75.5 cm³/mol. The lowest BCUT2D eigenvalue weighted by Crippen LogP contribution is -2.30. The van der Waals surface area contributed by atoms with E-state index in [0.29, 0.717) is 18.3 Å². The molecule has 0 radical (unpaired) electrons. The summed E-state index contributed by atoms with van der Waals surface area (Å²) in [6.07, 6.45) is 3.44. The van der Waals surface area contributed by atoms with E-state index < -0.39 is 0 Å². The van der Waals surface area contributed by atoms with Gasteiger partial charge in [-0.25, -0.2) is 0 Å². The molecule has 2 fully saturated rings. The van der Waals surface area contributed by atoms with Crippen molar-refractivity contribution in [2.24, 2.45) is 5.92 Å². The molecule has 2 heterocycles. The van der Waals surface area contributed by atoms with Crippen LogP contribution in [0.1, 0.15) is 36.1 Å². The summed E-state index contributed by atoms with van der Waals surface area (Å²) in [6.45, 7) is 1.44. The number of carbonyl (C=O) groups is 1. The molecule has 108 valence electrons. The molecule has 5 nitrogen and oxygen atoms in total. The van der Waals surface area contributed by atoms with Crippen molar-refractivity contribution in [3.63, 3.8) is 0 Å². The van der Waals surface area contributed by atoms with Crippen LogP contribution in [0, 0.1) is 5.92 Å². The first-order valence-electron chi connectivity index (χ1n) is 7.43. The van der Waals surface area contributed by atoms with Crippen molar-refractivity contribution in [3.05, 3.63) is 48.1 Å². The number of amides is 1. The molecular weight excluding hydrogens is 266 g/mol. The molecule has 1 aromatic heterocycles. The lowest BCUT2D eigenvalue weighted by atomic mass is 9.88. The van der Waals surface area contributed by atoms with Crippen LogP contribution in [-0.2, 0) is 4.79 Å². The van der Waals surface area contributed by atoms with Gasteiger partial charge in [-0.2, -0.15) is 4.98 Å². The Balaban J connectivity index is 1.63. The van der Waals surface area contributed by atoms with Gasteiger partial charge in [0, 0.05) is 30.8 Å². The summed E-state index contributed by atoms with van der Waals surface area (Å²) in [5.74, 6) is 1.61.